The van der Waals surface area contributed by atoms with E-state index in [-0.39, 0.29) is 18.3 Å². The van der Waals surface area contributed by atoms with Crippen molar-refractivity contribution in [2.24, 2.45) is 0 Å². The number of methoxy groups -OCH3 is 1. The molecule has 0 radical (unpaired) electrons. The number of likely N-dealkylation sites (N-methyl/N-ethyl adjacent to an activating group) is 1. The lowest BCUT2D eigenvalue weighted by Crippen LogP contribution is -2.34. The summed E-state index contributed by atoms with van der Waals surface area (Å²) in [6, 6.07) is 9.60. The molecule has 0 unspecified atom stereocenters. The number of anilines is 1. The number of halogens is 2. The summed E-state index contributed by atoms with van der Waals surface area (Å²) in [6.45, 7) is 1.53. The molecule has 8 heteroatoms. The van der Waals surface area contributed by atoms with Gasteiger partial charge in [-0.25, -0.2) is 4.39 Å². The number of carbonyl (C=O) groups is 2. The molecule has 1 N–H and O–H groups in total. The molecule has 0 aliphatic rings. The van der Waals surface area contributed by atoms with Gasteiger partial charge in [0.1, 0.15) is 11.6 Å². The van der Waals surface area contributed by atoms with Gasteiger partial charge in [-0.15, -0.1) is 11.3 Å². The van der Waals surface area contributed by atoms with Gasteiger partial charge in [0, 0.05) is 22.2 Å². The van der Waals surface area contributed by atoms with Gasteiger partial charge < -0.3 is 15.0 Å². The van der Waals surface area contributed by atoms with Crippen LogP contribution in [0, 0.1) is 12.7 Å². The van der Waals surface area contributed by atoms with Crippen molar-refractivity contribution in [1.29, 1.82) is 0 Å². The summed E-state index contributed by atoms with van der Waals surface area (Å²) >= 11 is 7.17. The Hall–Kier alpha value is -2.64. The Kier molecular flexibility index (Phi) is 5.86. The molecule has 1 aromatic heterocycles. The molecule has 2 amide bonds. The fraction of sp³-hybridized carbons (Fsp3) is 0.200. The molecule has 146 valence electrons. The molecule has 0 aliphatic carbocycles. The van der Waals surface area contributed by atoms with E-state index in [1.165, 1.54) is 36.5 Å². The highest BCUT2D eigenvalue weighted by atomic mass is 35.5. The molecule has 3 aromatic rings. The zero-order chi connectivity index (χ0) is 20.4. The fourth-order valence-corrected chi connectivity index (χ4v) is 4.28. The van der Waals surface area contributed by atoms with E-state index >= 15 is 0 Å². The number of carbonyl (C=O) groups excluding carboxylic acids is 2. The third kappa shape index (κ3) is 3.95. The minimum absolute atomic E-state index is 0.176. The zero-order valence-corrected chi connectivity index (χ0v) is 17.1. The van der Waals surface area contributed by atoms with Crippen molar-refractivity contribution in [3.63, 3.8) is 0 Å². The lowest BCUT2D eigenvalue weighted by Gasteiger charge is -2.17. The molecule has 0 bridgehead atoms. The molecular weight excluding hydrogens is 403 g/mol. The first-order valence-corrected chi connectivity index (χ1v) is 9.57. The van der Waals surface area contributed by atoms with Gasteiger partial charge in [-0.2, -0.15) is 0 Å². The maximum absolute atomic E-state index is 14.1. The third-order valence-electron chi connectivity index (χ3n) is 4.26. The first-order valence-electron chi connectivity index (χ1n) is 8.38. The van der Waals surface area contributed by atoms with Gasteiger partial charge in [0.05, 0.1) is 24.2 Å². The number of hydrogen-bond donors (Lipinski definition) is 1. The summed E-state index contributed by atoms with van der Waals surface area (Å²) in [6.07, 6.45) is 0. The maximum atomic E-state index is 14.1. The largest absolute Gasteiger partial charge is 0.495 e. The first-order chi connectivity index (χ1) is 13.3. The molecular formula is C20H18ClFN2O3S. The van der Waals surface area contributed by atoms with Crippen LogP contribution in [0.25, 0.3) is 10.1 Å². The van der Waals surface area contributed by atoms with E-state index in [0.717, 1.165) is 0 Å². The van der Waals surface area contributed by atoms with Crippen molar-refractivity contribution in [1.82, 2.24) is 4.90 Å². The molecule has 3 rings (SSSR count). The number of amides is 2. The van der Waals surface area contributed by atoms with Crippen LogP contribution in [0.3, 0.4) is 0 Å². The van der Waals surface area contributed by atoms with Gasteiger partial charge in [-0.1, -0.05) is 17.7 Å². The fourth-order valence-electron chi connectivity index (χ4n) is 2.89. The molecule has 0 fully saturated rings. The summed E-state index contributed by atoms with van der Waals surface area (Å²) in [4.78, 5) is 26.9. The minimum Gasteiger partial charge on any atom is -0.495 e. The molecule has 0 spiro atoms. The van der Waals surface area contributed by atoms with E-state index in [4.69, 9.17) is 16.3 Å². The average Bonchev–Trinajstić information content (AvgIpc) is 2.99. The third-order valence-corrected chi connectivity index (χ3v) is 5.74. The van der Waals surface area contributed by atoms with E-state index in [1.807, 2.05) is 0 Å². The van der Waals surface area contributed by atoms with Crippen molar-refractivity contribution in [3.05, 3.63) is 57.7 Å². The number of aryl methyl sites for hydroxylation is 1. The minimum atomic E-state index is -0.402. The summed E-state index contributed by atoms with van der Waals surface area (Å²) in [5.41, 5.74) is 0.993. The van der Waals surface area contributed by atoms with Crippen LogP contribution in [-0.4, -0.2) is 37.4 Å². The van der Waals surface area contributed by atoms with Crippen LogP contribution in [-0.2, 0) is 4.79 Å². The predicted molar refractivity (Wildman–Crippen MR) is 110 cm³/mol. The molecule has 1 heterocycles. The predicted octanol–water partition coefficient (Wildman–Crippen LogP) is 4.72. The Morgan fingerprint density at radius 2 is 2.04 bits per heavy atom. The van der Waals surface area contributed by atoms with Crippen molar-refractivity contribution in [2.45, 2.75) is 6.92 Å². The zero-order valence-electron chi connectivity index (χ0n) is 15.5. The summed E-state index contributed by atoms with van der Waals surface area (Å²) in [5, 5.41) is 3.58. The number of hydrogen-bond acceptors (Lipinski definition) is 4. The van der Waals surface area contributed by atoms with Crippen molar-refractivity contribution in [3.8, 4) is 5.75 Å². The molecule has 2 aromatic carbocycles. The number of rotatable bonds is 5. The van der Waals surface area contributed by atoms with Crippen LogP contribution in [0.15, 0.2) is 36.4 Å². The van der Waals surface area contributed by atoms with Crippen LogP contribution >= 0.6 is 22.9 Å². The Balaban J connectivity index is 1.76. The summed E-state index contributed by atoms with van der Waals surface area (Å²) in [7, 11) is 3.01. The van der Waals surface area contributed by atoms with Gasteiger partial charge in [0.15, 0.2) is 0 Å². The summed E-state index contributed by atoms with van der Waals surface area (Å²) < 4.78 is 20.0. The highest BCUT2D eigenvalue weighted by Gasteiger charge is 2.22. The van der Waals surface area contributed by atoms with Crippen molar-refractivity contribution < 1.29 is 18.7 Å². The van der Waals surface area contributed by atoms with E-state index < -0.39 is 5.91 Å². The molecule has 0 saturated carbocycles. The number of fused-ring (bicyclic) bond motifs is 1. The summed E-state index contributed by atoms with van der Waals surface area (Å²) in [5.74, 6) is -0.644. The molecule has 0 atom stereocenters. The molecule has 0 aliphatic heterocycles. The van der Waals surface area contributed by atoms with Crippen LogP contribution in [0.4, 0.5) is 10.1 Å². The van der Waals surface area contributed by atoms with E-state index in [1.54, 1.807) is 37.3 Å². The lowest BCUT2D eigenvalue weighted by molar-refractivity contribution is -0.116. The highest BCUT2D eigenvalue weighted by molar-refractivity contribution is 7.21. The molecule has 28 heavy (non-hydrogen) atoms. The number of nitrogens with one attached hydrogen (secondary N) is 1. The van der Waals surface area contributed by atoms with Gasteiger partial charge in [0.2, 0.25) is 5.91 Å². The van der Waals surface area contributed by atoms with Crippen LogP contribution in [0.1, 0.15) is 15.2 Å². The first kappa shape index (κ1) is 20.1. The maximum Gasteiger partial charge on any atom is 0.264 e. The highest BCUT2D eigenvalue weighted by Crippen LogP contribution is 2.33. The smallest absolute Gasteiger partial charge is 0.264 e. The molecule has 5 nitrogen and oxygen atoms in total. The Morgan fingerprint density at radius 3 is 2.71 bits per heavy atom. The van der Waals surface area contributed by atoms with Crippen LogP contribution < -0.4 is 10.1 Å². The second-order valence-electron chi connectivity index (χ2n) is 6.22. The monoisotopic (exact) mass is 420 g/mol. The standard InChI is InChI=1S/C20H18ClFN2O3S/c1-11-18-13(22)5-4-6-16(18)28-19(11)20(26)24(2)10-17(25)23-14-9-12(21)7-8-15(14)27-3/h4-9H,10H2,1-3H3,(H,23,25). The quantitative estimate of drug-likeness (QED) is 0.649. The number of ether oxygens (including phenoxy) is 1. The number of benzene rings is 2. The van der Waals surface area contributed by atoms with Gasteiger partial charge in [0.25, 0.3) is 5.91 Å². The van der Waals surface area contributed by atoms with E-state index in [9.17, 15) is 14.0 Å². The van der Waals surface area contributed by atoms with Crippen LogP contribution in [0.2, 0.25) is 5.02 Å². The Morgan fingerprint density at radius 1 is 1.29 bits per heavy atom. The van der Waals surface area contributed by atoms with Gasteiger partial charge in [-0.3, -0.25) is 9.59 Å². The second-order valence-corrected chi connectivity index (χ2v) is 7.71. The number of thiophene rings is 1. The van der Waals surface area contributed by atoms with Gasteiger partial charge in [-0.05, 0) is 42.8 Å². The lowest BCUT2D eigenvalue weighted by atomic mass is 10.1. The van der Waals surface area contributed by atoms with Crippen molar-refractivity contribution >= 4 is 50.5 Å². The second kappa shape index (κ2) is 8.16. The van der Waals surface area contributed by atoms with Crippen LogP contribution in [0.5, 0.6) is 5.75 Å². The molecule has 0 saturated heterocycles. The Bertz CT molecular complexity index is 1070. The van der Waals surface area contributed by atoms with E-state index in [2.05, 4.69) is 5.32 Å². The Labute approximate surface area is 170 Å². The average molecular weight is 421 g/mol. The SMILES string of the molecule is COc1ccc(Cl)cc1NC(=O)CN(C)C(=O)c1sc2cccc(F)c2c1C. The van der Waals surface area contributed by atoms with Crippen molar-refractivity contribution in [2.75, 3.05) is 26.0 Å². The normalized spacial score (nSPS) is 10.8. The van der Waals surface area contributed by atoms with Gasteiger partial charge >= 0.3 is 0 Å². The number of nitrogens with zero attached hydrogens (tertiary/aromatic N) is 1. The topological polar surface area (TPSA) is 58.6 Å². The van der Waals surface area contributed by atoms with E-state index in [0.29, 0.717) is 37.0 Å².